The van der Waals surface area contributed by atoms with E-state index < -0.39 is 20.5 Å². The predicted octanol–water partition coefficient (Wildman–Crippen LogP) is 1.54. The molecule has 1 heterocycles. The Bertz CT molecular complexity index is 985. The van der Waals surface area contributed by atoms with Crippen LogP contribution in [0.1, 0.15) is 5.56 Å². The topological polar surface area (TPSA) is 121 Å². The van der Waals surface area contributed by atoms with Crippen LogP contribution >= 0.6 is 0 Å². The van der Waals surface area contributed by atoms with E-state index in [1.54, 1.807) is 30.3 Å². The Labute approximate surface area is 136 Å². The summed E-state index contributed by atoms with van der Waals surface area (Å²) in [6, 6.07) is 14.0. The van der Waals surface area contributed by atoms with Crippen molar-refractivity contribution >= 4 is 15.5 Å². The third kappa shape index (κ3) is 3.13. The van der Waals surface area contributed by atoms with Gasteiger partial charge in [0.25, 0.3) is 10.8 Å². The van der Waals surface area contributed by atoms with E-state index in [4.69, 9.17) is 0 Å². The first-order valence-corrected chi connectivity index (χ1v) is 8.42. The third-order valence-corrected chi connectivity index (χ3v) is 4.72. The van der Waals surface area contributed by atoms with E-state index in [9.17, 15) is 18.5 Å². The summed E-state index contributed by atoms with van der Waals surface area (Å²) in [5.41, 5.74) is 0.609. The lowest BCUT2D eigenvalue weighted by molar-refractivity contribution is -0.384. The SMILES string of the molecule is O=[N+]([O-])c1cccc(CS(=O)(=O)c2nnnn2-c2ccccc2)c1. The fraction of sp³-hybridized carbons (Fsp3) is 0.0714. The number of nitrogens with zero attached hydrogens (tertiary/aromatic N) is 5. The van der Waals surface area contributed by atoms with Crippen LogP contribution in [0.5, 0.6) is 0 Å². The minimum Gasteiger partial charge on any atom is -0.258 e. The molecule has 0 aliphatic carbocycles. The molecule has 0 N–H and O–H groups in total. The minimum atomic E-state index is -3.89. The Kier molecular flexibility index (Phi) is 4.04. The highest BCUT2D eigenvalue weighted by Crippen LogP contribution is 2.20. The van der Waals surface area contributed by atoms with Crippen molar-refractivity contribution in [1.29, 1.82) is 0 Å². The third-order valence-electron chi connectivity index (χ3n) is 3.20. The van der Waals surface area contributed by atoms with Crippen molar-refractivity contribution in [3.63, 3.8) is 0 Å². The Morgan fingerprint density at radius 3 is 2.54 bits per heavy atom. The molecule has 122 valence electrons. The Morgan fingerprint density at radius 2 is 1.83 bits per heavy atom. The molecule has 1 aromatic heterocycles. The first-order chi connectivity index (χ1) is 11.5. The van der Waals surface area contributed by atoms with Gasteiger partial charge in [0.15, 0.2) is 0 Å². The highest BCUT2D eigenvalue weighted by Gasteiger charge is 2.25. The van der Waals surface area contributed by atoms with Crippen molar-refractivity contribution < 1.29 is 13.3 Å². The van der Waals surface area contributed by atoms with Crippen LogP contribution in [-0.4, -0.2) is 33.5 Å². The number of nitro benzene ring substituents is 1. The van der Waals surface area contributed by atoms with E-state index in [1.165, 1.54) is 24.3 Å². The lowest BCUT2D eigenvalue weighted by atomic mass is 10.2. The van der Waals surface area contributed by atoms with Gasteiger partial charge in [-0.1, -0.05) is 35.4 Å². The molecule has 0 aliphatic heterocycles. The summed E-state index contributed by atoms with van der Waals surface area (Å²) in [5.74, 6) is -0.443. The van der Waals surface area contributed by atoms with Crippen LogP contribution in [0.3, 0.4) is 0 Å². The van der Waals surface area contributed by atoms with E-state index in [1.807, 2.05) is 0 Å². The van der Waals surface area contributed by atoms with Crippen LogP contribution in [0.2, 0.25) is 0 Å². The number of rotatable bonds is 5. The molecule has 0 aliphatic rings. The zero-order chi connectivity index (χ0) is 17.2. The summed E-state index contributed by atoms with van der Waals surface area (Å²) < 4.78 is 26.3. The summed E-state index contributed by atoms with van der Waals surface area (Å²) in [7, 11) is -3.89. The Hall–Kier alpha value is -3.14. The molecule has 24 heavy (non-hydrogen) atoms. The standard InChI is InChI=1S/C14H11N5O4S/c20-19(21)13-8-4-5-11(9-13)10-24(22,23)14-15-16-17-18(14)12-6-2-1-3-7-12/h1-9H,10H2. The van der Waals surface area contributed by atoms with Crippen LogP contribution in [0.4, 0.5) is 5.69 Å². The number of tetrazole rings is 1. The average Bonchev–Trinajstić information content (AvgIpc) is 3.06. The number of para-hydroxylation sites is 1. The molecule has 0 bridgehead atoms. The van der Waals surface area contributed by atoms with E-state index in [2.05, 4.69) is 15.5 Å². The van der Waals surface area contributed by atoms with Crippen LogP contribution in [0.15, 0.2) is 59.8 Å². The monoisotopic (exact) mass is 345 g/mol. The maximum absolute atomic E-state index is 12.6. The Balaban J connectivity index is 1.97. The molecule has 9 nitrogen and oxygen atoms in total. The highest BCUT2D eigenvalue weighted by molar-refractivity contribution is 7.90. The molecule has 0 spiro atoms. The van der Waals surface area contributed by atoms with Crippen LogP contribution in [0, 0.1) is 10.1 Å². The number of nitro groups is 1. The van der Waals surface area contributed by atoms with Gasteiger partial charge in [-0.15, -0.1) is 0 Å². The Morgan fingerprint density at radius 1 is 1.08 bits per heavy atom. The lowest BCUT2D eigenvalue weighted by Crippen LogP contribution is -2.13. The second-order valence-corrected chi connectivity index (χ2v) is 6.78. The van der Waals surface area contributed by atoms with Crippen molar-refractivity contribution in [1.82, 2.24) is 20.2 Å². The zero-order valence-corrected chi connectivity index (χ0v) is 13.0. The van der Waals surface area contributed by atoms with E-state index in [0.29, 0.717) is 5.69 Å². The summed E-state index contributed by atoms with van der Waals surface area (Å²) in [4.78, 5) is 10.2. The molecular weight excluding hydrogens is 334 g/mol. The van der Waals surface area contributed by atoms with Gasteiger partial charge in [0.05, 0.1) is 16.4 Å². The summed E-state index contributed by atoms with van der Waals surface area (Å²) in [6.07, 6.45) is 0. The maximum atomic E-state index is 12.6. The first-order valence-electron chi connectivity index (χ1n) is 6.77. The molecule has 3 aromatic rings. The molecule has 3 rings (SSSR count). The number of hydrogen-bond donors (Lipinski definition) is 0. The molecule has 0 unspecified atom stereocenters. The number of non-ortho nitro benzene ring substituents is 1. The highest BCUT2D eigenvalue weighted by atomic mass is 32.2. The molecule has 0 saturated carbocycles. The van der Waals surface area contributed by atoms with E-state index >= 15 is 0 Å². The smallest absolute Gasteiger partial charge is 0.258 e. The van der Waals surface area contributed by atoms with Gasteiger partial charge in [-0.2, -0.15) is 4.68 Å². The van der Waals surface area contributed by atoms with Gasteiger partial charge in [-0.25, -0.2) is 8.42 Å². The average molecular weight is 345 g/mol. The first kappa shape index (κ1) is 15.7. The zero-order valence-electron chi connectivity index (χ0n) is 12.2. The second kappa shape index (κ2) is 6.16. The van der Waals surface area contributed by atoms with E-state index in [-0.39, 0.29) is 16.4 Å². The molecule has 2 aromatic carbocycles. The summed E-state index contributed by atoms with van der Waals surface area (Å²) in [6.45, 7) is 0. The molecule has 0 saturated heterocycles. The summed E-state index contributed by atoms with van der Waals surface area (Å²) in [5, 5.41) is 21.2. The van der Waals surface area contributed by atoms with Crippen LogP contribution < -0.4 is 0 Å². The second-order valence-electron chi connectivity index (χ2n) is 4.89. The van der Waals surface area contributed by atoms with Crippen LogP contribution in [0.25, 0.3) is 5.69 Å². The van der Waals surface area contributed by atoms with Gasteiger partial charge in [0.2, 0.25) is 9.84 Å². The van der Waals surface area contributed by atoms with Gasteiger partial charge < -0.3 is 0 Å². The van der Waals surface area contributed by atoms with Crippen molar-refractivity contribution in [2.75, 3.05) is 0 Å². The van der Waals surface area contributed by atoms with Crippen molar-refractivity contribution in [2.24, 2.45) is 0 Å². The maximum Gasteiger partial charge on any atom is 0.272 e. The normalized spacial score (nSPS) is 11.3. The number of aromatic nitrogens is 4. The van der Waals surface area contributed by atoms with Gasteiger partial charge in [0, 0.05) is 12.1 Å². The molecule has 0 fully saturated rings. The van der Waals surface area contributed by atoms with Gasteiger partial charge >= 0.3 is 0 Å². The largest absolute Gasteiger partial charge is 0.272 e. The molecule has 0 amide bonds. The molecule has 0 atom stereocenters. The number of benzene rings is 2. The van der Waals surface area contributed by atoms with Crippen molar-refractivity contribution in [3.05, 3.63) is 70.3 Å². The number of hydrogen-bond acceptors (Lipinski definition) is 7. The van der Waals surface area contributed by atoms with Crippen LogP contribution in [-0.2, 0) is 15.6 Å². The molecule has 10 heteroatoms. The predicted molar refractivity (Wildman–Crippen MR) is 83.1 cm³/mol. The van der Waals surface area contributed by atoms with Crippen molar-refractivity contribution in [3.8, 4) is 5.69 Å². The molecule has 0 radical (unpaired) electrons. The fourth-order valence-corrected chi connectivity index (χ4v) is 3.46. The minimum absolute atomic E-state index is 0.176. The van der Waals surface area contributed by atoms with Gasteiger partial charge in [-0.05, 0) is 28.1 Å². The fourth-order valence-electron chi connectivity index (χ4n) is 2.15. The van der Waals surface area contributed by atoms with Gasteiger partial charge in [-0.3, -0.25) is 10.1 Å². The lowest BCUT2D eigenvalue weighted by Gasteiger charge is -2.06. The quantitative estimate of drug-likeness (QED) is 0.508. The summed E-state index contributed by atoms with van der Waals surface area (Å²) >= 11 is 0. The van der Waals surface area contributed by atoms with Gasteiger partial charge in [0.1, 0.15) is 0 Å². The van der Waals surface area contributed by atoms with Crippen molar-refractivity contribution in [2.45, 2.75) is 10.9 Å². The van der Waals surface area contributed by atoms with E-state index in [0.717, 1.165) is 4.68 Å². The number of sulfone groups is 1. The molecular formula is C14H11N5O4S.